The smallest absolute Gasteiger partial charge is 0.104 e. The van der Waals surface area contributed by atoms with Gasteiger partial charge >= 0.3 is 0 Å². The molecule has 0 heterocycles. The summed E-state index contributed by atoms with van der Waals surface area (Å²) in [5, 5.41) is 0. The Morgan fingerprint density at radius 1 is 0.607 bits per heavy atom. The van der Waals surface area contributed by atoms with Crippen molar-refractivity contribution in [2.75, 3.05) is 20.6 Å². The maximum Gasteiger partial charge on any atom is 0.104 e. The van der Waals surface area contributed by atoms with Gasteiger partial charge < -0.3 is 4.48 Å². The summed E-state index contributed by atoms with van der Waals surface area (Å²) in [5.74, 6) is 0. The maximum absolute atomic E-state index is 2.37. The van der Waals surface area contributed by atoms with Crippen molar-refractivity contribution in [3.8, 4) is 0 Å². The Balaban J connectivity index is 0. The molecule has 0 amide bonds. The molecule has 0 bridgehead atoms. The van der Waals surface area contributed by atoms with Crippen molar-refractivity contribution < 1.29 is 4.48 Å². The third kappa shape index (κ3) is 18.0. The van der Waals surface area contributed by atoms with Crippen LogP contribution in [0.15, 0.2) is 30.3 Å². The molecule has 0 atom stereocenters. The number of hydrogen-bond donors (Lipinski definition) is 0. The quantitative estimate of drug-likeness (QED) is 0.155. The lowest BCUT2D eigenvalue weighted by atomic mass is 10.0. The number of unbranched alkanes of at least 4 members (excludes halogenated alkanes) is 13. The van der Waals surface area contributed by atoms with Gasteiger partial charge in [-0.2, -0.15) is 0 Å². The Bertz CT molecular complexity index is 422. The van der Waals surface area contributed by atoms with E-state index in [2.05, 4.69) is 51.4 Å². The fourth-order valence-electron chi connectivity index (χ4n) is 3.89. The van der Waals surface area contributed by atoms with Gasteiger partial charge in [-0.3, -0.25) is 0 Å². The number of quaternary nitrogens is 1. The highest BCUT2D eigenvalue weighted by molar-refractivity contribution is 8.93. The Labute approximate surface area is 193 Å². The van der Waals surface area contributed by atoms with E-state index in [0.29, 0.717) is 0 Å². The molecular formula is C25H48BrClN+. The molecule has 3 heteroatoms. The van der Waals surface area contributed by atoms with Gasteiger partial charge in [0.05, 0.1) is 20.6 Å². The van der Waals surface area contributed by atoms with Gasteiger partial charge in [0, 0.05) is 5.56 Å². The van der Waals surface area contributed by atoms with Gasteiger partial charge in [-0.15, -0.1) is 29.4 Å². The molecular weight excluding hydrogens is 430 g/mol. The highest BCUT2D eigenvalue weighted by Gasteiger charge is 2.14. The van der Waals surface area contributed by atoms with Crippen molar-refractivity contribution in [2.24, 2.45) is 0 Å². The molecule has 0 aromatic heterocycles. The molecule has 0 saturated carbocycles. The third-order valence-corrected chi connectivity index (χ3v) is 5.57. The first-order valence-corrected chi connectivity index (χ1v) is 11.5. The SMILES string of the molecule is Br.CCCCCCCCCCCCCCCC[N+](C)(C)Cc1ccccc1.Cl. The number of nitrogens with zero attached hydrogens (tertiary/aromatic N) is 1. The molecule has 1 nitrogen and oxygen atoms in total. The Morgan fingerprint density at radius 3 is 1.43 bits per heavy atom. The summed E-state index contributed by atoms with van der Waals surface area (Å²) in [6.07, 6.45) is 20.2. The van der Waals surface area contributed by atoms with Crippen molar-refractivity contribution in [1.82, 2.24) is 0 Å². The zero-order valence-electron chi connectivity index (χ0n) is 19.0. The topological polar surface area (TPSA) is 0 Å². The van der Waals surface area contributed by atoms with E-state index >= 15 is 0 Å². The summed E-state index contributed by atoms with van der Waals surface area (Å²) in [4.78, 5) is 0. The molecule has 0 aliphatic rings. The maximum atomic E-state index is 2.37. The molecule has 0 aliphatic carbocycles. The van der Waals surface area contributed by atoms with Crippen LogP contribution in [0, 0.1) is 0 Å². The third-order valence-electron chi connectivity index (χ3n) is 5.57. The van der Waals surface area contributed by atoms with Crippen molar-refractivity contribution >= 4 is 29.4 Å². The zero-order chi connectivity index (χ0) is 18.9. The fourth-order valence-corrected chi connectivity index (χ4v) is 3.89. The van der Waals surface area contributed by atoms with Crippen LogP contribution in [0.2, 0.25) is 0 Å². The van der Waals surface area contributed by atoms with Crippen molar-refractivity contribution in [3.63, 3.8) is 0 Å². The Hall–Kier alpha value is -0.0500. The van der Waals surface area contributed by atoms with Gasteiger partial charge in [0.15, 0.2) is 0 Å². The van der Waals surface area contributed by atoms with Crippen molar-refractivity contribution in [1.29, 1.82) is 0 Å². The van der Waals surface area contributed by atoms with Gasteiger partial charge in [-0.25, -0.2) is 0 Å². The van der Waals surface area contributed by atoms with Crippen LogP contribution < -0.4 is 0 Å². The van der Waals surface area contributed by atoms with Crippen LogP contribution in [0.5, 0.6) is 0 Å². The summed E-state index contributed by atoms with van der Waals surface area (Å²) in [7, 11) is 4.74. The molecule has 28 heavy (non-hydrogen) atoms. The van der Waals surface area contributed by atoms with Crippen LogP contribution in [-0.4, -0.2) is 25.1 Å². The number of hydrogen-bond acceptors (Lipinski definition) is 0. The summed E-state index contributed by atoms with van der Waals surface area (Å²) < 4.78 is 1.11. The second-order valence-electron chi connectivity index (χ2n) is 8.90. The van der Waals surface area contributed by atoms with Gasteiger partial charge in [0.2, 0.25) is 0 Å². The minimum Gasteiger partial charge on any atom is -0.325 e. The fraction of sp³-hybridized carbons (Fsp3) is 0.760. The molecule has 0 radical (unpaired) electrons. The molecule has 0 spiro atoms. The Kier molecular flexibility index (Phi) is 21.8. The molecule has 1 rings (SSSR count). The van der Waals surface area contributed by atoms with Gasteiger partial charge in [-0.05, 0) is 12.8 Å². The van der Waals surface area contributed by atoms with Crippen molar-refractivity contribution in [2.45, 2.75) is 103 Å². The molecule has 0 N–H and O–H groups in total. The first-order chi connectivity index (χ1) is 12.6. The second-order valence-corrected chi connectivity index (χ2v) is 8.90. The standard InChI is InChI=1S/C25H46N.BrH.ClH/c1-4-5-6-7-8-9-10-11-12-13-14-15-16-20-23-26(2,3)24-25-21-18-17-19-22-25;;/h17-19,21-22H,4-16,20,23-24H2,1-3H3;2*1H/q+1;;. The first-order valence-electron chi connectivity index (χ1n) is 11.5. The van der Waals surface area contributed by atoms with Crippen LogP contribution >= 0.6 is 29.4 Å². The van der Waals surface area contributed by atoms with Crippen LogP contribution in [-0.2, 0) is 6.54 Å². The van der Waals surface area contributed by atoms with E-state index in [-0.39, 0.29) is 29.4 Å². The van der Waals surface area contributed by atoms with E-state index in [1.165, 1.54) is 102 Å². The molecule has 0 saturated heterocycles. The highest BCUT2D eigenvalue weighted by atomic mass is 79.9. The normalized spacial score (nSPS) is 11.0. The van der Waals surface area contributed by atoms with Gasteiger partial charge in [0.25, 0.3) is 0 Å². The highest BCUT2D eigenvalue weighted by Crippen LogP contribution is 2.14. The summed E-state index contributed by atoms with van der Waals surface area (Å²) in [6.45, 7) is 4.75. The van der Waals surface area contributed by atoms with Gasteiger partial charge in [0.1, 0.15) is 6.54 Å². The predicted octanol–water partition coefficient (Wildman–Crippen LogP) is 8.74. The lowest BCUT2D eigenvalue weighted by Gasteiger charge is -2.30. The average molecular weight is 478 g/mol. The number of rotatable bonds is 17. The predicted molar refractivity (Wildman–Crippen MR) is 135 cm³/mol. The van der Waals surface area contributed by atoms with E-state index in [0.717, 1.165) is 11.0 Å². The van der Waals surface area contributed by atoms with Crippen LogP contribution in [0.4, 0.5) is 0 Å². The lowest BCUT2D eigenvalue weighted by molar-refractivity contribution is -0.903. The minimum absolute atomic E-state index is 0. The van der Waals surface area contributed by atoms with E-state index in [1.54, 1.807) is 0 Å². The lowest BCUT2D eigenvalue weighted by Crippen LogP contribution is -2.39. The van der Waals surface area contributed by atoms with Crippen LogP contribution in [0.3, 0.4) is 0 Å². The second kappa shape index (κ2) is 20.2. The van der Waals surface area contributed by atoms with Gasteiger partial charge in [-0.1, -0.05) is 114 Å². The number of benzene rings is 1. The van der Waals surface area contributed by atoms with Crippen LogP contribution in [0.1, 0.15) is 102 Å². The first kappa shape index (κ1) is 30.1. The van der Waals surface area contributed by atoms with E-state index in [1.807, 2.05) is 0 Å². The van der Waals surface area contributed by atoms with Crippen molar-refractivity contribution in [3.05, 3.63) is 35.9 Å². The largest absolute Gasteiger partial charge is 0.325 e. The molecule has 1 aromatic carbocycles. The summed E-state index contributed by atoms with van der Waals surface area (Å²) in [6, 6.07) is 10.9. The van der Waals surface area contributed by atoms with E-state index in [4.69, 9.17) is 0 Å². The molecule has 0 unspecified atom stereocenters. The minimum atomic E-state index is 0. The molecule has 1 aromatic rings. The molecule has 0 fully saturated rings. The molecule has 166 valence electrons. The monoisotopic (exact) mass is 476 g/mol. The molecule has 0 aliphatic heterocycles. The summed E-state index contributed by atoms with van der Waals surface area (Å²) >= 11 is 0. The summed E-state index contributed by atoms with van der Waals surface area (Å²) in [5.41, 5.74) is 1.46. The van der Waals surface area contributed by atoms with E-state index < -0.39 is 0 Å². The zero-order valence-corrected chi connectivity index (χ0v) is 21.5. The number of halogens is 2. The van der Waals surface area contributed by atoms with E-state index in [9.17, 15) is 0 Å². The van der Waals surface area contributed by atoms with Crippen LogP contribution in [0.25, 0.3) is 0 Å². The Morgan fingerprint density at radius 2 is 1.00 bits per heavy atom. The average Bonchev–Trinajstić information content (AvgIpc) is 2.62.